The number of amides is 1. The fourth-order valence-corrected chi connectivity index (χ4v) is 5.63. The number of carbonyl (C=O) groups is 1. The molecule has 3 rings (SSSR count). The van der Waals surface area contributed by atoms with E-state index in [2.05, 4.69) is 20.7 Å². The zero-order chi connectivity index (χ0) is 16.6. The van der Waals surface area contributed by atoms with Gasteiger partial charge in [0.15, 0.2) is 0 Å². The Kier molecular flexibility index (Phi) is 4.48. The number of hydrogen-bond donors (Lipinski definition) is 1. The molecule has 5 nitrogen and oxygen atoms in total. The van der Waals surface area contributed by atoms with E-state index in [-0.39, 0.29) is 10.1 Å². The normalized spacial score (nSPS) is 15.2. The maximum Gasteiger partial charge on any atom is 0.271 e. The molecule has 2 aromatic rings. The van der Waals surface area contributed by atoms with Crippen molar-refractivity contribution in [3.63, 3.8) is 0 Å². The second kappa shape index (κ2) is 6.26. The zero-order valence-electron chi connectivity index (χ0n) is 12.4. The molecule has 23 heavy (non-hydrogen) atoms. The van der Waals surface area contributed by atoms with Gasteiger partial charge in [0.2, 0.25) is 5.91 Å². The molecule has 1 aromatic carbocycles. The lowest BCUT2D eigenvalue weighted by Gasteiger charge is -2.19. The molecule has 2 heterocycles. The first-order chi connectivity index (χ1) is 10.9. The topological polar surface area (TPSA) is 66.5 Å². The van der Waals surface area contributed by atoms with Crippen LogP contribution >= 0.6 is 27.3 Å². The number of nitrogens with one attached hydrogen (secondary N) is 1. The fourth-order valence-electron chi connectivity index (χ4n) is 2.57. The molecule has 0 unspecified atom stereocenters. The number of anilines is 2. The Morgan fingerprint density at radius 2 is 2.04 bits per heavy atom. The van der Waals surface area contributed by atoms with E-state index in [1.165, 1.54) is 0 Å². The van der Waals surface area contributed by atoms with Crippen LogP contribution in [0.5, 0.6) is 0 Å². The Morgan fingerprint density at radius 1 is 1.26 bits per heavy atom. The zero-order valence-corrected chi connectivity index (χ0v) is 15.6. The summed E-state index contributed by atoms with van der Waals surface area (Å²) in [6, 6.07) is 8.49. The van der Waals surface area contributed by atoms with Gasteiger partial charge in [0, 0.05) is 24.3 Å². The van der Waals surface area contributed by atoms with Crippen molar-refractivity contribution < 1.29 is 13.2 Å². The minimum atomic E-state index is -3.59. The molecule has 8 heteroatoms. The molecule has 0 aliphatic carbocycles. The summed E-state index contributed by atoms with van der Waals surface area (Å²) in [6.45, 7) is 2.59. The second-order valence-corrected chi connectivity index (χ2v) is 9.69. The quantitative estimate of drug-likeness (QED) is 0.827. The van der Waals surface area contributed by atoms with E-state index < -0.39 is 10.0 Å². The standard InChI is InChI=1S/C15H15BrN2O3S2/c1-10-9-11(4-5-12(10)18-8-2-3-14(18)19)17-23(20,21)15-7-6-13(16)22-15/h4-7,9,17H,2-3,8H2,1H3. The van der Waals surface area contributed by atoms with Crippen molar-refractivity contribution in [1.29, 1.82) is 0 Å². The summed E-state index contributed by atoms with van der Waals surface area (Å²) in [7, 11) is -3.59. The maximum absolute atomic E-state index is 12.3. The lowest BCUT2D eigenvalue weighted by Crippen LogP contribution is -2.24. The van der Waals surface area contributed by atoms with Gasteiger partial charge in [-0.15, -0.1) is 11.3 Å². The van der Waals surface area contributed by atoms with Crippen molar-refractivity contribution in [3.8, 4) is 0 Å². The molecule has 0 bridgehead atoms. The molecule has 1 amide bonds. The highest BCUT2D eigenvalue weighted by molar-refractivity contribution is 9.11. The number of thiophene rings is 1. The smallest absolute Gasteiger partial charge is 0.271 e. The van der Waals surface area contributed by atoms with Gasteiger partial charge in [-0.25, -0.2) is 8.42 Å². The largest absolute Gasteiger partial charge is 0.312 e. The van der Waals surface area contributed by atoms with E-state index in [0.29, 0.717) is 18.7 Å². The van der Waals surface area contributed by atoms with E-state index in [4.69, 9.17) is 0 Å². The number of aryl methyl sites for hydroxylation is 1. The fraction of sp³-hybridized carbons (Fsp3) is 0.267. The van der Waals surface area contributed by atoms with Gasteiger partial charge in [-0.3, -0.25) is 9.52 Å². The highest BCUT2D eigenvalue weighted by Gasteiger charge is 2.23. The van der Waals surface area contributed by atoms with Crippen LogP contribution in [0.15, 0.2) is 38.3 Å². The van der Waals surface area contributed by atoms with Crippen LogP contribution in [0.3, 0.4) is 0 Å². The predicted octanol–water partition coefficient (Wildman–Crippen LogP) is 3.75. The van der Waals surface area contributed by atoms with Crippen LogP contribution in [0.2, 0.25) is 0 Å². The number of sulfonamides is 1. The Morgan fingerprint density at radius 3 is 2.61 bits per heavy atom. The van der Waals surface area contributed by atoms with Crippen LogP contribution in [0.1, 0.15) is 18.4 Å². The Balaban J connectivity index is 1.84. The number of benzene rings is 1. The molecular formula is C15H15BrN2O3S2. The number of halogens is 1. The molecule has 1 aliphatic heterocycles. The number of nitrogens with zero attached hydrogens (tertiary/aromatic N) is 1. The van der Waals surface area contributed by atoms with Gasteiger partial charge in [0.25, 0.3) is 10.0 Å². The average molecular weight is 415 g/mol. The summed E-state index contributed by atoms with van der Waals surface area (Å²) < 4.78 is 28.3. The Bertz CT molecular complexity index is 861. The lowest BCUT2D eigenvalue weighted by molar-refractivity contribution is -0.117. The van der Waals surface area contributed by atoms with Crippen LogP contribution in [0.4, 0.5) is 11.4 Å². The Hall–Kier alpha value is -1.38. The number of carbonyl (C=O) groups excluding carboxylic acids is 1. The van der Waals surface area contributed by atoms with Crippen molar-refractivity contribution >= 4 is 54.6 Å². The summed E-state index contributed by atoms with van der Waals surface area (Å²) in [5, 5.41) is 0. The highest BCUT2D eigenvalue weighted by Crippen LogP contribution is 2.30. The molecule has 1 aromatic heterocycles. The van der Waals surface area contributed by atoms with Crippen molar-refractivity contribution in [2.75, 3.05) is 16.2 Å². The molecule has 0 saturated carbocycles. The van der Waals surface area contributed by atoms with Crippen LogP contribution < -0.4 is 9.62 Å². The van der Waals surface area contributed by atoms with Gasteiger partial charge in [0.1, 0.15) is 4.21 Å². The third-order valence-corrected chi connectivity index (χ3v) is 7.12. The first kappa shape index (κ1) is 16.5. The van der Waals surface area contributed by atoms with Crippen molar-refractivity contribution in [3.05, 3.63) is 39.7 Å². The van der Waals surface area contributed by atoms with Crippen molar-refractivity contribution in [2.24, 2.45) is 0 Å². The minimum Gasteiger partial charge on any atom is -0.312 e. The van der Waals surface area contributed by atoms with Crippen molar-refractivity contribution in [2.45, 2.75) is 24.0 Å². The SMILES string of the molecule is Cc1cc(NS(=O)(=O)c2ccc(Br)s2)ccc1N1CCCC1=O. The summed E-state index contributed by atoms with van der Waals surface area (Å²) >= 11 is 4.42. The molecule has 0 atom stereocenters. The molecule has 0 spiro atoms. The van der Waals surface area contributed by atoms with Crippen LogP contribution in [0, 0.1) is 6.92 Å². The molecule has 1 N–H and O–H groups in total. The van der Waals surface area contributed by atoms with Gasteiger partial charge in [-0.2, -0.15) is 0 Å². The molecule has 1 aliphatic rings. The van der Waals surface area contributed by atoms with Crippen molar-refractivity contribution in [1.82, 2.24) is 0 Å². The summed E-state index contributed by atoms with van der Waals surface area (Å²) in [6.07, 6.45) is 1.43. The first-order valence-corrected chi connectivity index (χ1v) is 10.2. The van der Waals surface area contributed by atoms with E-state index in [1.807, 2.05) is 6.92 Å². The number of hydrogen-bond acceptors (Lipinski definition) is 4. The van der Waals surface area contributed by atoms with E-state index in [9.17, 15) is 13.2 Å². The summed E-state index contributed by atoms with van der Waals surface area (Å²) in [5.74, 6) is 0.116. The van der Waals surface area contributed by atoms with Crippen LogP contribution in [-0.4, -0.2) is 20.9 Å². The lowest BCUT2D eigenvalue weighted by atomic mass is 10.1. The minimum absolute atomic E-state index is 0.116. The third kappa shape index (κ3) is 3.44. The van der Waals surface area contributed by atoms with Gasteiger partial charge >= 0.3 is 0 Å². The highest BCUT2D eigenvalue weighted by atomic mass is 79.9. The monoisotopic (exact) mass is 414 g/mol. The third-order valence-electron chi connectivity index (χ3n) is 3.63. The van der Waals surface area contributed by atoms with Gasteiger partial charge < -0.3 is 4.90 Å². The summed E-state index contributed by atoms with van der Waals surface area (Å²) in [4.78, 5) is 13.6. The molecule has 0 radical (unpaired) electrons. The maximum atomic E-state index is 12.3. The molecule has 122 valence electrons. The molecule has 1 saturated heterocycles. The average Bonchev–Trinajstić information content (AvgIpc) is 3.08. The Labute approximate surface area is 147 Å². The van der Waals surface area contributed by atoms with Gasteiger partial charge in [-0.1, -0.05) is 0 Å². The second-order valence-electron chi connectivity index (χ2n) is 5.31. The van der Waals surface area contributed by atoms with E-state index >= 15 is 0 Å². The molecule has 1 fully saturated rings. The van der Waals surface area contributed by atoms with E-state index in [0.717, 1.165) is 32.8 Å². The predicted molar refractivity (Wildman–Crippen MR) is 95.6 cm³/mol. The number of rotatable bonds is 4. The van der Waals surface area contributed by atoms with Gasteiger partial charge in [0.05, 0.1) is 3.79 Å². The first-order valence-electron chi connectivity index (χ1n) is 7.06. The van der Waals surface area contributed by atoms with Crippen LogP contribution in [-0.2, 0) is 14.8 Å². The summed E-state index contributed by atoms with van der Waals surface area (Å²) in [5.41, 5.74) is 2.20. The van der Waals surface area contributed by atoms with Crippen LogP contribution in [0.25, 0.3) is 0 Å². The molecular weight excluding hydrogens is 400 g/mol. The van der Waals surface area contributed by atoms with E-state index in [1.54, 1.807) is 35.2 Å². The van der Waals surface area contributed by atoms with Gasteiger partial charge in [-0.05, 0) is 65.2 Å².